The summed E-state index contributed by atoms with van der Waals surface area (Å²) in [6.07, 6.45) is 0. The second-order valence-corrected chi connectivity index (χ2v) is 7.70. The summed E-state index contributed by atoms with van der Waals surface area (Å²) in [5.74, 6) is 1.27. The van der Waals surface area contributed by atoms with E-state index in [2.05, 4.69) is 10.1 Å². The maximum absolute atomic E-state index is 13.1. The summed E-state index contributed by atoms with van der Waals surface area (Å²) in [5.41, 5.74) is 0.957. The molecule has 6 nitrogen and oxygen atoms in total. The number of aryl methyl sites for hydroxylation is 1. The largest absolute Gasteiger partial charge is 0.478 e. The zero-order valence-electron chi connectivity index (χ0n) is 17.0. The molecule has 0 aliphatic heterocycles. The van der Waals surface area contributed by atoms with E-state index < -0.39 is 5.60 Å². The van der Waals surface area contributed by atoms with E-state index in [0.717, 1.165) is 11.1 Å². The Kier molecular flexibility index (Phi) is 6.23. The van der Waals surface area contributed by atoms with Crippen LogP contribution in [0.3, 0.4) is 0 Å². The monoisotopic (exact) mass is 413 g/mol. The summed E-state index contributed by atoms with van der Waals surface area (Å²) in [6.45, 7) is 8.07. The van der Waals surface area contributed by atoms with Gasteiger partial charge in [-0.2, -0.15) is 4.98 Å². The highest BCUT2D eigenvalue weighted by Crippen LogP contribution is 2.23. The lowest BCUT2D eigenvalue weighted by molar-refractivity contribution is -0.146. The van der Waals surface area contributed by atoms with Gasteiger partial charge < -0.3 is 14.2 Å². The minimum Gasteiger partial charge on any atom is -0.478 e. The molecule has 0 saturated carbocycles. The number of rotatable bonds is 7. The molecule has 152 valence electrons. The van der Waals surface area contributed by atoms with E-state index in [-0.39, 0.29) is 12.5 Å². The number of nitrogens with zero attached hydrogens (tertiary/aromatic N) is 3. The molecule has 1 amide bonds. The first-order chi connectivity index (χ1) is 13.8. The van der Waals surface area contributed by atoms with Crippen molar-refractivity contribution in [2.24, 2.45) is 0 Å². The van der Waals surface area contributed by atoms with Gasteiger partial charge >= 0.3 is 0 Å². The van der Waals surface area contributed by atoms with E-state index in [9.17, 15) is 4.79 Å². The number of ether oxygens (including phenoxy) is 1. The summed E-state index contributed by atoms with van der Waals surface area (Å²) in [5, 5.41) is 4.64. The lowest BCUT2D eigenvalue weighted by atomic mass is 10.1. The molecule has 0 N–H and O–H groups in total. The van der Waals surface area contributed by atoms with E-state index in [1.807, 2.05) is 38.1 Å². The first kappa shape index (κ1) is 20.9. The molecular formula is C22H24ClN3O3. The molecule has 0 fully saturated rings. The zero-order valence-corrected chi connectivity index (χ0v) is 17.7. The summed E-state index contributed by atoms with van der Waals surface area (Å²) >= 11 is 5.91. The Morgan fingerprint density at radius 2 is 1.79 bits per heavy atom. The average Bonchev–Trinajstić information content (AvgIpc) is 3.16. The fourth-order valence-corrected chi connectivity index (χ4v) is 2.98. The second kappa shape index (κ2) is 8.66. The normalized spacial score (nSPS) is 11.3. The molecule has 0 aliphatic carbocycles. The number of carbonyl (C=O) groups excluding carboxylic acids is 1. The van der Waals surface area contributed by atoms with Gasteiger partial charge in [0.25, 0.3) is 5.91 Å². The quantitative estimate of drug-likeness (QED) is 0.550. The molecule has 0 aliphatic rings. The molecule has 0 saturated heterocycles. The van der Waals surface area contributed by atoms with Crippen LogP contribution >= 0.6 is 11.6 Å². The first-order valence-electron chi connectivity index (χ1n) is 9.42. The van der Waals surface area contributed by atoms with Crippen molar-refractivity contribution in [3.8, 4) is 17.1 Å². The van der Waals surface area contributed by atoms with E-state index in [1.54, 1.807) is 43.0 Å². The number of halogens is 1. The van der Waals surface area contributed by atoms with Crippen molar-refractivity contribution in [3.05, 3.63) is 65.0 Å². The van der Waals surface area contributed by atoms with E-state index in [1.165, 1.54) is 0 Å². The van der Waals surface area contributed by atoms with Crippen LogP contribution in [0.2, 0.25) is 5.02 Å². The maximum Gasteiger partial charge on any atom is 0.266 e. The van der Waals surface area contributed by atoms with Gasteiger partial charge in [0.1, 0.15) is 12.3 Å². The van der Waals surface area contributed by atoms with E-state index in [4.69, 9.17) is 20.9 Å². The Hall–Kier alpha value is -2.86. The van der Waals surface area contributed by atoms with Crippen LogP contribution in [0.4, 0.5) is 0 Å². The van der Waals surface area contributed by atoms with Crippen LogP contribution < -0.4 is 4.74 Å². The van der Waals surface area contributed by atoms with Gasteiger partial charge in [0.05, 0.1) is 0 Å². The van der Waals surface area contributed by atoms with Crippen LogP contribution in [0.1, 0.15) is 32.2 Å². The zero-order chi connectivity index (χ0) is 21.0. The van der Waals surface area contributed by atoms with Crippen LogP contribution in [0.5, 0.6) is 5.75 Å². The molecular weight excluding hydrogens is 390 g/mol. The number of likely N-dealkylation sites (N-methyl/N-ethyl adjacent to an activating group) is 1. The minimum atomic E-state index is -1.07. The number of benzene rings is 2. The highest BCUT2D eigenvalue weighted by atomic mass is 35.5. The summed E-state index contributed by atoms with van der Waals surface area (Å²) in [7, 11) is 0. The SMILES string of the molecule is CCN(Cc1nc(-c2ccc(C)cc2)no1)C(=O)C(C)(C)Oc1ccc(Cl)cc1. The molecule has 7 heteroatoms. The number of aromatic nitrogens is 2. The Morgan fingerprint density at radius 3 is 2.41 bits per heavy atom. The van der Waals surface area contributed by atoms with Gasteiger partial charge in [-0.3, -0.25) is 4.79 Å². The molecule has 0 unspecified atom stereocenters. The summed E-state index contributed by atoms with van der Waals surface area (Å²) < 4.78 is 11.3. The van der Waals surface area contributed by atoms with Crippen molar-refractivity contribution in [2.75, 3.05) is 6.54 Å². The standard InChI is InChI=1S/C22H24ClN3O3/c1-5-26(21(27)22(3,4)28-18-12-10-17(23)11-13-18)14-19-24-20(25-29-19)16-8-6-15(2)7-9-16/h6-13H,5,14H2,1-4H3. The minimum absolute atomic E-state index is 0.176. The number of amides is 1. The molecule has 0 spiro atoms. The number of hydrogen-bond acceptors (Lipinski definition) is 5. The van der Waals surface area contributed by atoms with Crippen LogP contribution in [0.25, 0.3) is 11.4 Å². The summed E-state index contributed by atoms with van der Waals surface area (Å²) in [6, 6.07) is 14.8. The maximum atomic E-state index is 13.1. The Bertz CT molecular complexity index is 966. The third kappa shape index (κ3) is 5.15. The van der Waals surface area contributed by atoms with Crippen molar-refractivity contribution >= 4 is 17.5 Å². The van der Waals surface area contributed by atoms with Crippen LogP contribution in [-0.2, 0) is 11.3 Å². The Morgan fingerprint density at radius 1 is 1.14 bits per heavy atom. The molecule has 3 aromatic rings. The molecule has 29 heavy (non-hydrogen) atoms. The van der Waals surface area contributed by atoms with E-state index in [0.29, 0.717) is 29.0 Å². The lowest BCUT2D eigenvalue weighted by Gasteiger charge is -2.31. The topological polar surface area (TPSA) is 68.5 Å². The fraction of sp³-hybridized carbons (Fsp3) is 0.318. The molecule has 1 heterocycles. The first-order valence-corrected chi connectivity index (χ1v) is 9.80. The van der Waals surface area contributed by atoms with Gasteiger partial charge in [0.2, 0.25) is 11.7 Å². The molecule has 3 rings (SSSR count). The summed E-state index contributed by atoms with van der Waals surface area (Å²) in [4.78, 5) is 19.1. The van der Waals surface area contributed by atoms with Gasteiger partial charge in [-0.05, 0) is 52.0 Å². The Labute approximate surface area is 175 Å². The molecule has 0 atom stereocenters. The Balaban J connectivity index is 1.71. The number of carbonyl (C=O) groups is 1. The van der Waals surface area contributed by atoms with Crippen molar-refractivity contribution in [3.63, 3.8) is 0 Å². The molecule has 1 aromatic heterocycles. The molecule has 2 aromatic carbocycles. The van der Waals surface area contributed by atoms with Crippen LogP contribution in [0, 0.1) is 6.92 Å². The van der Waals surface area contributed by atoms with Gasteiger partial charge in [-0.15, -0.1) is 0 Å². The third-order valence-electron chi connectivity index (χ3n) is 4.47. The van der Waals surface area contributed by atoms with E-state index >= 15 is 0 Å². The predicted molar refractivity (Wildman–Crippen MR) is 112 cm³/mol. The van der Waals surface area contributed by atoms with Gasteiger partial charge in [-0.25, -0.2) is 0 Å². The van der Waals surface area contributed by atoms with Crippen molar-refractivity contribution in [2.45, 2.75) is 39.8 Å². The van der Waals surface area contributed by atoms with Gasteiger partial charge in [-0.1, -0.05) is 46.6 Å². The smallest absolute Gasteiger partial charge is 0.266 e. The van der Waals surface area contributed by atoms with Crippen molar-refractivity contribution in [1.29, 1.82) is 0 Å². The fourth-order valence-electron chi connectivity index (χ4n) is 2.85. The van der Waals surface area contributed by atoms with Gasteiger partial charge in [0.15, 0.2) is 5.60 Å². The highest BCUT2D eigenvalue weighted by molar-refractivity contribution is 6.30. The third-order valence-corrected chi connectivity index (χ3v) is 4.73. The lowest BCUT2D eigenvalue weighted by Crippen LogP contribution is -2.48. The van der Waals surface area contributed by atoms with Gasteiger partial charge in [0, 0.05) is 17.1 Å². The molecule has 0 bridgehead atoms. The molecule has 0 radical (unpaired) electrons. The average molecular weight is 414 g/mol. The van der Waals surface area contributed by atoms with Crippen molar-refractivity contribution in [1.82, 2.24) is 15.0 Å². The second-order valence-electron chi connectivity index (χ2n) is 7.26. The van der Waals surface area contributed by atoms with Crippen LogP contribution in [0.15, 0.2) is 53.1 Å². The van der Waals surface area contributed by atoms with Crippen molar-refractivity contribution < 1.29 is 14.1 Å². The van der Waals surface area contributed by atoms with Crippen LogP contribution in [-0.4, -0.2) is 33.1 Å². The highest BCUT2D eigenvalue weighted by Gasteiger charge is 2.34. The number of hydrogen-bond donors (Lipinski definition) is 0. The predicted octanol–water partition coefficient (Wildman–Crippen LogP) is 4.90.